The van der Waals surface area contributed by atoms with Crippen LogP contribution in [0.4, 0.5) is 13.6 Å². The molecule has 0 N–H and O–H groups in total. The monoisotopic (exact) mass is 621 g/mol. The smallest absolute Gasteiger partial charge is 0.410 e. The van der Waals surface area contributed by atoms with Crippen molar-refractivity contribution in [2.75, 3.05) is 39.3 Å². The number of halogens is 2. The summed E-state index contributed by atoms with van der Waals surface area (Å²) in [6.45, 7) is 5.76. The molecule has 0 unspecified atom stereocenters. The van der Waals surface area contributed by atoms with Gasteiger partial charge in [-0.05, 0) is 56.2 Å². The lowest BCUT2D eigenvalue weighted by atomic mass is 9.80. The van der Waals surface area contributed by atoms with Crippen LogP contribution in [0.1, 0.15) is 68.1 Å². The van der Waals surface area contributed by atoms with E-state index in [9.17, 15) is 18.4 Å². The van der Waals surface area contributed by atoms with Crippen LogP contribution in [-0.2, 0) is 16.1 Å². The molecule has 1 aromatic carbocycles. The zero-order chi connectivity index (χ0) is 31.6. The van der Waals surface area contributed by atoms with E-state index in [0.717, 1.165) is 56.2 Å². The Balaban J connectivity index is 0.921. The van der Waals surface area contributed by atoms with Gasteiger partial charge in [0.1, 0.15) is 23.3 Å². The van der Waals surface area contributed by atoms with Crippen molar-refractivity contribution in [1.82, 2.24) is 19.7 Å². The predicted molar refractivity (Wildman–Crippen MR) is 161 cm³/mol. The Labute approximate surface area is 263 Å². The van der Waals surface area contributed by atoms with Gasteiger partial charge < -0.3 is 19.3 Å². The highest BCUT2D eigenvalue weighted by Crippen LogP contribution is 2.37. The molecule has 3 saturated heterocycles. The van der Waals surface area contributed by atoms with Gasteiger partial charge >= 0.3 is 6.09 Å². The van der Waals surface area contributed by atoms with Gasteiger partial charge in [0, 0.05) is 88.7 Å². The molecule has 1 aliphatic carbocycles. The molecule has 3 aliphatic heterocycles. The molecule has 4 fully saturated rings. The SMILES string of the molecule is Cc1ccc(OC2CCN(C(=O)C3CCC(CN4CC5(CCN(Cc6c(F)cc(C#N)cc6F)CC5)OC4=O)CC3)CC2)nc1. The van der Waals surface area contributed by atoms with E-state index in [1.54, 1.807) is 12.3 Å². The van der Waals surface area contributed by atoms with Crippen LogP contribution in [0, 0.1) is 41.7 Å². The molecule has 2 aromatic rings. The van der Waals surface area contributed by atoms with Crippen molar-refractivity contribution in [2.24, 2.45) is 11.8 Å². The first kappa shape index (κ1) is 31.2. The zero-order valence-corrected chi connectivity index (χ0v) is 25.9. The van der Waals surface area contributed by atoms with Crippen LogP contribution in [0.5, 0.6) is 5.88 Å². The number of piperidine rings is 2. The molecule has 45 heavy (non-hydrogen) atoms. The second-order valence-electron chi connectivity index (χ2n) is 13.3. The fraction of sp³-hybridized carbons (Fsp3) is 0.588. The number of ether oxygens (including phenoxy) is 2. The van der Waals surface area contributed by atoms with E-state index in [1.165, 1.54) is 0 Å². The van der Waals surface area contributed by atoms with Crippen LogP contribution < -0.4 is 4.74 Å². The molecule has 1 aromatic heterocycles. The van der Waals surface area contributed by atoms with Crippen molar-refractivity contribution in [1.29, 1.82) is 5.26 Å². The Hall–Kier alpha value is -3.78. The summed E-state index contributed by atoms with van der Waals surface area (Å²) in [6.07, 6.45) is 7.85. The van der Waals surface area contributed by atoms with Crippen molar-refractivity contribution in [3.63, 3.8) is 0 Å². The highest BCUT2D eigenvalue weighted by atomic mass is 19.1. The minimum atomic E-state index is -0.715. The normalized spacial score (nSPS) is 24.0. The Morgan fingerprint density at radius 2 is 1.76 bits per heavy atom. The number of carbonyl (C=O) groups is 2. The lowest BCUT2D eigenvalue weighted by molar-refractivity contribution is -0.138. The van der Waals surface area contributed by atoms with Crippen molar-refractivity contribution in [2.45, 2.75) is 76.5 Å². The third-order valence-corrected chi connectivity index (χ3v) is 10.1. The second-order valence-corrected chi connectivity index (χ2v) is 13.3. The lowest BCUT2D eigenvalue weighted by Gasteiger charge is -2.38. The first-order valence-corrected chi connectivity index (χ1v) is 16.2. The summed E-state index contributed by atoms with van der Waals surface area (Å²) in [5.74, 6) is -0.188. The average Bonchev–Trinajstić information content (AvgIpc) is 3.34. The molecule has 0 bridgehead atoms. The molecule has 1 saturated carbocycles. The van der Waals surface area contributed by atoms with E-state index in [-0.39, 0.29) is 41.7 Å². The van der Waals surface area contributed by atoms with Crippen LogP contribution in [0.25, 0.3) is 0 Å². The van der Waals surface area contributed by atoms with Gasteiger partial charge in [-0.25, -0.2) is 18.6 Å². The Kier molecular flexibility index (Phi) is 9.22. The Bertz CT molecular complexity index is 1400. The number of benzene rings is 1. The third-order valence-electron chi connectivity index (χ3n) is 10.1. The molecular weight excluding hydrogens is 580 g/mol. The van der Waals surface area contributed by atoms with Crippen molar-refractivity contribution < 1.29 is 27.8 Å². The van der Waals surface area contributed by atoms with Gasteiger partial charge in [-0.2, -0.15) is 5.26 Å². The van der Waals surface area contributed by atoms with Crippen molar-refractivity contribution in [3.8, 4) is 11.9 Å². The number of likely N-dealkylation sites (tertiary alicyclic amines) is 2. The van der Waals surface area contributed by atoms with E-state index in [4.69, 9.17) is 14.7 Å². The van der Waals surface area contributed by atoms with E-state index in [1.807, 2.05) is 33.8 Å². The quantitative estimate of drug-likeness (QED) is 0.419. The Morgan fingerprint density at radius 1 is 1.07 bits per heavy atom. The van der Waals surface area contributed by atoms with Gasteiger partial charge in [0.25, 0.3) is 0 Å². The molecule has 4 heterocycles. The molecule has 6 rings (SSSR count). The summed E-state index contributed by atoms with van der Waals surface area (Å²) < 4.78 is 40.7. The van der Waals surface area contributed by atoms with Gasteiger partial charge in [-0.1, -0.05) is 6.07 Å². The average molecular weight is 622 g/mol. The van der Waals surface area contributed by atoms with Gasteiger partial charge in [0.05, 0.1) is 18.2 Å². The molecule has 11 heteroatoms. The van der Waals surface area contributed by atoms with Gasteiger partial charge in [0.2, 0.25) is 11.8 Å². The summed E-state index contributed by atoms with van der Waals surface area (Å²) in [4.78, 5) is 36.3. The van der Waals surface area contributed by atoms with Crippen LogP contribution in [-0.4, -0.2) is 82.7 Å². The Morgan fingerprint density at radius 3 is 2.38 bits per heavy atom. The van der Waals surface area contributed by atoms with Crippen molar-refractivity contribution >= 4 is 12.0 Å². The first-order chi connectivity index (χ1) is 21.7. The standard InChI is InChI=1S/C34H41F2N5O4/c1-23-2-7-31(38-19-23)44-27-8-12-40(13-9-27)32(42)26-5-3-24(4-6-26)20-41-22-34(45-33(41)43)10-14-39(15-11-34)21-28-29(35)16-25(18-37)17-30(28)36/h2,7,16-17,19,24,26-27H,3-6,8-15,20-22H2,1H3. The maximum absolute atomic E-state index is 14.4. The number of rotatable bonds is 7. The highest BCUT2D eigenvalue weighted by molar-refractivity contribution is 5.79. The summed E-state index contributed by atoms with van der Waals surface area (Å²) in [6, 6.07) is 7.78. The second kappa shape index (κ2) is 13.3. The molecular formula is C34H41F2N5O4. The number of pyridine rings is 1. The number of nitriles is 1. The van der Waals surface area contributed by atoms with Gasteiger partial charge in [0.15, 0.2) is 0 Å². The van der Waals surface area contributed by atoms with Crippen LogP contribution in [0.15, 0.2) is 30.5 Å². The minimum absolute atomic E-state index is 0.0319. The molecule has 9 nitrogen and oxygen atoms in total. The maximum atomic E-state index is 14.4. The number of aryl methyl sites for hydroxylation is 1. The number of nitrogens with zero attached hydrogens (tertiary/aromatic N) is 5. The maximum Gasteiger partial charge on any atom is 0.410 e. The lowest BCUT2D eigenvalue weighted by Crippen LogP contribution is -2.47. The number of hydrogen-bond acceptors (Lipinski definition) is 7. The van der Waals surface area contributed by atoms with E-state index in [2.05, 4.69) is 4.98 Å². The molecule has 4 aliphatic rings. The molecule has 2 amide bonds. The predicted octanol–water partition coefficient (Wildman–Crippen LogP) is 5.20. The van der Waals surface area contributed by atoms with E-state index < -0.39 is 17.2 Å². The summed E-state index contributed by atoms with van der Waals surface area (Å²) >= 11 is 0. The fourth-order valence-corrected chi connectivity index (χ4v) is 7.31. The van der Waals surface area contributed by atoms with Crippen LogP contribution in [0.3, 0.4) is 0 Å². The molecule has 0 atom stereocenters. The van der Waals surface area contributed by atoms with E-state index >= 15 is 0 Å². The number of carbonyl (C=O) groups excluding carboxylic acids is 2. The fourth-order valence-electron chi connectivity index (χ4n) is 7.31. The molecule has 240 valence electrons. The first-order valence-electron chi connectivity index (χ1n) is 16.2. The summed E-state index contributed by atoms with van der Waals surface area (Å²) in [5.41, 5.74) is 0.435. The summed E-state index contributed by atoms with van der Waals surface area (Å²) in [5, 5.41) is 8.93. The number of amides is 2. The van der Waals surface area contributed by atoms with Crippen LogP contribution in [0.2, 0.25) is 0 Å². The molecule has 1 spiro atoms. The molecule has 0 radical (unpaired) electrons. The third kappa shape index (κ3) is 7.22. The van der Waals surface area contributed by atoms with Gasteiger partial charge in [-0.3, -0.25) is 9.69 Å². The van der Waals surface area contributed by atoms with Crippen molar-refractivity contribution in [3.05, 3.63) is 58.8 Å². The summed E-state index contributed by atoms with van der Waals surface area (Å²) in [7, 11) is 0. The number of hydrogen-bond donors (Lipinski definition) is 0. The largest absolute Gasteiger partial charge is 0.474 e. The minimum Gasteiger partial charge on any atom is -0.474 e. The number of aromatic nitrogens is 1. The van der Waals surface area contributed by atoms with Crippen LogP contribution >= 0.6 is 0 Å². The topological polar surface area (TPSA) is 99.0 Å². The highest BCUT2D eigenvalue weighted by Gasteiger charge is 2.47. The zero-order valence-electron chi connectivity index (χ0n) is 25.9. The van der Waals surface area contributed by atoms with E-state index in [0.29, 0.717) is 63.9 Å². The van der Waals surface area contributed by atoms with Gasteiger partial charge in [-0.15, -0.1) is 0 Å².